The lowest BCUT2D eigenvalue weighted by Crippen LogP contribution is -2.10. The molecule has 0 atom stereocenters. The Morgan fingerprint density at radius 3 is 2.40 bits per heavy atom. The van der Waals surface area contributed by atoms with Gasteiger partial charge in [0.1, 0.15) is 10.1 Å². The number of halogens is 2. The monoisotopic (exact) mass is 195 g/mol. The number of nitrogens with zero attached hydrogens (tertiary/aromatic N) is 1. The van der Waals surface area contributed by atoms with Gasteiger partial charge < -0.3 is 10.7 Å². The molecule has 0 bridgehead atoms. The summed E-state index contributed by atoms with van der Waals surface area (Å²) in [5, 5.41) is 0.439. The summed E-state index contributed by atoms with van der Waals surface area (Å²) in [6, 6.07) is 0. The highest BCUT2D eigenvalue weighted by molar-refractivity contribution is 7.80. The van der Waals surface area contributed by atoms with E-state index in [0.29, 0.717) is 5.82 Å². The van der Waals surface area contributed by atoms with E-state index in [1.807, 2.05) is 0 Å². The molecule has 6 heteroatoms. The van der Waals surface area contributed by atoms with Gasteiger partial charge in [0.05, 0.1) is 0 Å². The summed E-state index contributed by atoms with van der Waals surface area (Å²) in [5.41, 5.74) is 5.22. The molecular formula is C4H3Cl2N3S. The normalized spacial score (nSPS) is 9.80. The average Bonchev–Trinajstić information content (AvgIpc) is 2.13. The van der Waals surface area contributed by atoms with Crippen molar-refractivity contribution in [2.24, 2.45) is 5.73 Å². The van der Waals surface area contributed by atoms with Gasteiger partial charge in [-0.1, -0.05) is 35.4 Å². The highest BCUT2D eigenvalue weighted by Crippen LogP contribution is 2.17. The molecule has 1 rings (SSSR count). The Morgan fingerprint density at radius 1 is 1.60 bits per heavy atom. The SMILES string of the molecule is NC(=S)c1nc(Cl)c(Cl)[nH]1. The zero-order chi connectivity index (χ0) is 7.72. The predicted molar refractivity (Wildman–Crippen MR) is 44.5 cm³/mol. The summed E-state index contributed by atoms with van der Waals surface area (Å²) >= 11 is 15.6. The lowest BCUT2D eigenvalue weighted by atomic mass is 10.6. The summed E-state index contributed by atoms with van der Waals surface area (Å²) in [5.74, 6) is 0.338. The Bertz CT molecular complexity index is 250. The molecule has 0 radical (unpaired) electrons. The number of aromatic nitrogens is 2. The van der Waals surface area contributed by atoms with Crippen molar-refractivity contribution in [1.29, 1.82) is 0 Å². The maximum absolute atomic E-state index is 5.51. The number of thiocarbonyl (C=S) groups is 1. The van der Waals surface area contributed by atoms with Crippen LogP contribution in [0.4, 0.5) is 0 Å². The summed E-state index contributed by atoms with van der Waals surface area (Å²) in [6.07, 6.45) is 0. The molecule has 1 aromatic rings. The topological polar surface area (TPSA) is 54.7 Å². The van der Waals surface area contributed by atoms with Gasteiger partial charge in [0.2, 0.25) is 0 Å². The smallest absolute Gasteiger partial charge is 0.167 e. The molecule has 1 aromatic heterocycles. The van der Waals surface area contributed by atoms with Crippen LogP contribution in [-0.4, -0.2) is 15.0 Å². The van der Waals surface area contributed by atoms with E-state index >= 15 is 0 Å². The predicted octanol–water partition coefficient (Wildman–Crippen LogP) is 1.35. The molecule has 0 aliphatic carbocycles. The van der Waals surface area contributed by atoms with E-state index in [0.717, 1.165) is 0 Å². The number of hydrogen-bond acceptors (Lipinski definition) is 2. The van der Waals surface area contributed by atoms with Crippen LogP contribution >= 0.6 is 35.4 Å². The van der Waals surface area contributed by atoms with E-state index < -0.39 is 0 Å². The fourth-order valence-corrected chi connectivity index (χ4v) is 0.808. The van der Waals surface area contributed by atoms with Gasteiger partial charge in [0.25, 0.3) is 0 Å². The van der Waals surface area contributed by atoms with Crippen LogP contribution in [0.2, 0.25) is 10.3 Å². The maximum Gasteiger partial charge on any atom is 0.167 e. The molecule has 0 aliphatic rings. The van der Waals surface area contributed by atoms with Crippen molar-refractivity contribution in [2.75, 3.05) is 0 Å². The van der Waals surface area contributed by atoms with Crippen molar-refractivity contribution in [3.63, 3.8) is 0 Å². The van der Waals surface area contributed by atoms with Gasteiger partial charge in [-0.05, 0) is 0 Å². The second kappa shape index (κ2) is 2.74. The minimum atomic E-state index is 0.147. The Kier molecular flexibility index (Phi) is 2.13. The lowest BCUT2D eigenvalue weighted by molar-refractivity contribution is 1.26. The lowest BCUT2D eigenvalue weighted by Gasteiger charge is -1.85. The van der Waals surface area contributed by atoms with E-state index in [-0.39, 0.29) is 15.3 Å². The largest absolute Gasteiger partial charge is 0.387 e. The van der Waals surface area contributed by atoms with Crippen LogP contribution in [0.25, 0.3) is 0 Å². The third-order valence-electron chi connectivity index (χ3n) is 0.853. The third kappa shape index (κ3) is 1.39. The highest BCUT2D eigenvalue weighted by Gasteiger charge is 2.06. The highest BCUT2D eigenvalue weighted by atomic mass is 35.5. The second-order valence-corrected chi connectivity index (χ2v) is 2.73. The molecule has 3 N–H and O–H groups in total. The first-order valence-corrected chi connectivity index (χ1v) is 3.48. The van der Waals surface area contributed by atoms with Crippen LogP contribution in [0.1, 0.15) is 5.82 Å². The Hall–Kier alpha value is -0.320. The van der Waals surface area contributed by atoms with E-state index in [1.165, 1.54) is 0 Å². The van der Waals surface area contributed by atoms with Crippen LogP contribution in [0.5, 0.6) is 0 Å². The van der Waals surface area contributed by atoms with E-state index in [4.69, 9.17) is 28.9 Å². The quantitative estimate of drug-likeness (QED) is 0.666. The summed E-state index contributed by atoms with van der Waals surface area (Å²) < 4.78 is 0. The number of nitrogens with two attached hydrogens (primary N) is 1. The number of imidazole rings is 1. The molecule has 0 saturated heterocycles. The zero-order valence-electron chi connectivity index (χ0n) is 4.69. The Morgan fingerprint density at radius 2 is 2.20 bits per heavy atom. The number of rotatable bonds is 1. The molecule has 3 nitrogen and oxygen atoms in total. The first-order chi connectivity index (χ1) is 4.61. The molecule has 0 amide bonds. The van der Waals surface area contributed by atoms with E-state index in [2.05, 4.69) is 22.2 Å². The fraction of sp³-hybridized carbons (Fsp3) is 0. The van der Waals surface area contributed by atoms with Crippen molar-refractivity contribution in [3.8, 4) is 0 Å². The first kappa shape index (κ1) is 7.78. The summed E-state index contributed by atoms with van der Waals surface area (Å²) in [4.78, 5) is 6.47. The molecule has 0 spiro atoms. The molecule has 10 heavy (non-hydrogen) atoms. The first-order valence-electron chi connectivity index (χ1n) is 2.32. The number of H-pyrrole nitrogens is 1. The number of aromatic amines is 1. The minimum absolute atomic E-state index is 0.147. The van der Waals surface area contributed by atoms with Gasteiger partial charge in [-0.2, -0.15) is 0 Å². The van der Waals surface area contributed by atoms with Crippen molar-refractivity contribution in [1.82, 2.24) is 9.97 Å². The molecule has 0 aromatic carbocycles. The summed E-state index contributed by atoms with van der Waals surface area (Å²) in [6.45, 7) is 0. The molecular weight excluding hydrogens is 193 g/mol. The fourth-order valence-electron chi connectivity index (χ4n) is 0.447. The molecule has 0 aliphatic heterocycles. The zero-order valence-corrected chi connectivity index (χ0v) is 7.02. The standard InChI is InChI=1S/C4H3Cl2N3S/c5-1-2(6)9-4(8-1)3(7)10/h(H2,7,10)(H,8,9). The average molecular weight is 196 g/mol. The van der Waals surface area contributed by atoms with Gasteiger partial charge in [0.15, 0.2) is 11.0 Å². The van der Waals surface area contributed by atoms with Crippen molar-refractivity contribution in [2.45, 2.75) is 0 Å². The van der Waals surface area contributed by atoms with E-state index in [9.17, 15) is 0 Å². The van der Waals surface area contributed by atoms with E-state index in [1.54, 1.807) is 0 Å². The molecule has 0 fully saturated rings. The Labute approximate surface area is 72.5 Å². The number of hydrogen-bond donors (Lipinski definition) is 2. The second-order valence-electron chi connectivity index (χ2n) is 1.55. The molecule has 1 heterocycles. The van der Waals surface area contributed by atoms with Gasteiger partial charge in [0, 0.05) is 0 Å². The van der Waals surface area contributed by atoms with Crippen molar-refractivity contribution in [3.05, 3.63) is 16.1 Å². The molecule has 0 unspecified atom stereocenters. The van der Waals surface area contributed by atoms with Crippen molar-refractivity contribution >= 4 is 40.4 Å². The van der Waals surface area contributed by atoms with Gasteiger partial charge in [-0.3, -0.25) is 0 Å². The molecule has 54 valence electrons. The van der Waals surface area contributed by atoms with Crippen LogP contribution in [0.15, 0.2) is 0 Å². The summed E-state index contributed by atoms with van der Waals surface area (Å²) in [7, 11) is 0. The van der Waals surface area contributed by atoms with Crippen LogP contribution in [0, 0.1) is 0 Å². The maximum atomic E-state index is 5.51. The minimum Gasteiger partial charge on any atom is -0.387 e. The van der Waals surface area contributed by atoms with Gasteiger partial charge in [-0.25, -0.2) is 4.98 Å². The van der Waals surface area contributed by atoms with Crippen LogP contribution in [0.3, 0.4) is 0 Å². The van der Waals surface area contributed by atoms with Crippen molar-refractivity contribution < 1.29 is 0 Å². The molecule has 0 saturated carbocycles. The number of nitrogens with one attached hydrogen (secondary N) is 1. The van der Waals surface area contributed by atoms with Gasteiger partial charge in [-0.15, -0.1) is 0 Å². The third-order valence-corrected chi connectivity index (χ3v) is 1.69. The van der Waals surface area contributed by atoms with Crippen LogP contribution < -0.4 is 5.73 Å². The van der Waals surface area contributed by atoms with Crippen LogP contribution in [-0.2, 0) is 0 Å². The van der Waals surface area contributed by atoms with Gasteiger partial charge >= 0.3 is 0 Å². The Balaban J connectivity index is 3.10.